The van der Waals surface area contributed by atoms with Crippen LogP contribution in [0, 0.1) is 6.92 Å². The zero-order valence-corrected chi connectivity index (χ0v) is 14.8. The van der Waals surface area contributed by atoms with Crippen LogP contribution in [0.4, 0.5) is 5.69 Å². The highest BCUT2D eigenvalue weighted by atomic mass is 16.3. The van der Waals surface area contributed by atoms with Crippen molar-refractivity contribution in [2.75, 3.05) is 11.9 Å². The van der Waals surface area contributed by atoms with Gasteiger partial charge in [0, 0.05) is 25.3 Å². The molecule has 1 aliphatic rings. The third kappa shape index (κ3) is 3.55. The first-order valence-corrected chi connectivity index (χ1v) is 8.87. The Labute approximate surface area is 152 Å². The second kappa shape index (κ2) is 7.17. The largest absolute Gasteiger partial charge is 0.468 e. The van der Waals surface area contributed by atoms with E-state index in [0.717, 1.165) is 49.7 Å². The van der Waals surface area contributed by atoms with E-state index in [4.69, 9.17) is 4.42 Å². The van der Waals surface area contributed by atoms with Crippen LogP contribution >= 0.6 is 0 Å². The highest BCUT2D eigenvalue weighted by molar-refractivity contribution is 6.02. The number of rotatable bonds is 4. The van der Waals surface area contributed by atoms with Crippen molar-refractivity contribution < 1.29 is 9.21 Å². The smallest absolute Gasteiger partial charge is 0.276 e. The van der Waals surface area contributed by atoms with Crippen LogP contribution in [-0.2, 0) is 19.6 Å². The summed E-state index contributed by atoms with van der Waals surface area (Å²) >= 11 is 0. The third-order valence-electron chi connectivity index (χ3n) is 4.69. The Kier molecular flexibility index (Phi) is 4.58. The van der Waals surface area contributed by atoms with Gasteiger partial charge in [-0.25, -0.2) is 0 Å². The van der Waals surface area contributed by atoms with Gasteiger partial charge in [0.05, 0.1) is 18.5 Å². The van der Waals surface area contributed by atoms with E-state index in [0.29, 0.717) is 5.69 Å². The molecule has 0 bridgehead atoms. The Morgan fingerprint density at radius 1 is 1.23 bits per heavy atom. The molecule has 6 heteroatoms. The van der Waals surface area contributed by atoms with Crippen LogP contribution < -0.4 is 5.32 Å². The zero-order valence-electron chi connectivity index (χ0n) is 14.8. The van der Waals surface area contributed by atoms with Gasteiger partial charge in [-0.3, -0.25) is 14.4 Å². The molecule has 134 valence electrons. The average Bonchev–Trinajstić information content (AvgIpc) is 3.17. The van der Waals surface area contributed by atoms with Crippen LogP contribution in [0.1, 0.15) is 33.9 Å². The SMILES string of the molecule is Cc1ccoc1CN1CCCn2nc(C(=O)Nc3ccccc3)cc2C1. The van der Waals surface area contributed by atoms with Crippen molar-refractivity contribution in [3.63, 3.8) is 0 Å². The number of carbonyl (C=O) groups excluding carboxylic acids is 1. The maximum atomic E-state index is 12.5. The monoisotopic (exact) mass is 350 g/mol. The molecule has 0 unspecified atom stereocenters. The van der Waals surface area contributed by atoms with Gasteiger partial charge in [-0.2, -0.15) is 5.10 Å². The van der Waals surface area contributed by atoms with Crippen LogP contribution in [0.25, 0.3) is 0 Å². The number of carbonyl (C=O) groups is 1. The first kappa shape index (κ1) is 16.6. The number of anilines is 1. The van der Waals surface area contributed by atoms with Crippen molar-refractivity contribution in [1.29, 1.82) is 0 Å². The molecule has 1 aliphatic heterocycles. The fraction of sp³-hybridized carbons (Fsp3) is 0.300. The van der Waals surface area contributed by atoms with E-state index >= 15 is 0 Å². The summed E-state index contributed by atoms with van der Waals surface area (Å²) in [6.07, 6.45) is 2.73. The summed E-state index contributed by atoms with van der Waals surface area (Å²) < 4.78 is 7.53. The molecule has 1 aromatic carbocycles. The van der Waals surface area contributed by atoms with Gasteiger partial charge in [-0.1, -0.05) is 18.2 Å². The topological polar surface area (TPSA) is 63.3 Å². The van der Waals surface area contributed by atoms with Gasteiger partial charge in [-0.05, 0) is 43.2 Å². The molecule has 0 radical (unpaired) electrons. The van der Waals surface area contributed by atoms with Crippen LogP contribution in [0.15, 0.2) is 53.1 Å². The van der Waals surface area contributed by atoms with Gasteiger partial charge in [0.1, 0.15) is 5.76 Å². The van der Waals surface area contributed by atoms with E-state index in [2.05, 4.69) is 22.2 Å². The predicted molar refractivity (Wildman–Crippen MR) is 98.8 cm³/mol. The van der Waals surface area contributed by atoms with Crippen LogP contribution in [0.5, 0.6) is 0 Å². The van der Waals surface area contributed by atoms with Crippen molar-refractivity contribution in [3.8, 4) is 0 Å². The number of fused-ring (bicyclic) bond motifs is 1. The number of benzene rings is 1. The first-order valence-electron chi connectivity index (χ1n) is 8.87. The number of para-hydroxylation sites is 1. The minimum atomic E-state index is -0.176. The van der Waals surface area contributed by atoms with Crippen molar-refractivity contribution in [1.82, 2.24) is 14.7 Å². The minimum Gasteiger partial charge on any atom is -0.468 e. The molecule has 4 rings (SSSR count). The quantitative estimate of drug-likeness (QED) is 0.783. The summed E-state index contributed by atoms with van der Waals surface area (Å²) in [5, 5.41) is 7.41. The van der Waals surface area contributed by atoms with Gasteiger partial charge in [0.25, 0.3) is 5.91 Å². The number of nitrogens with one attached hydrogen (secondary N) is 1. The molecular formula is C20H22N4O2. The Morgan fingerprint density at radius 3 is 2.85 bits per heavy atom. The molecule has 26 heavy (non-hydrogen) atoms. The van der Waals surface area contributed by atoms with E-state index in [1.807, 2.05) is 47.1 Å². The van der Waals surface area contributed by atoms with Crippen molar-refractivity contribution >= 4 is 11.6 Å². The number of aromatic nitrogens is 2. The van der Waals surface area contributed by atoms with Gasteiger partial charge >= 0.3 is 0 Å². The molecule has 0 aliphatic carbocycles. The lowest BCUT2D eigenvalue weighted by Gasteiger charge is -2.18. The maximum Gasteiger partial charge on any atom is 0.276 e. The number of nitrogens with zero attached hydrogens (tertiary/aromatic N) is 3. The minimum absolute atomic E-state index is 0.176. The Morgan fingerprint density at radius 2 is 2.08 bits per heavy atom. The van der Waals surface area contributed by atoms with Crippen LogP contribution in [-0.4, -0.2) is 27.1 Å². The highest BCUT2D eigenvalue weighted by Gasteiger charge is 2.20. The van der Waals surface area contributed by atoms with Crippen molar-refractivity contribution in [2.24, 2.45) is 0 Å². The summed E-state index contributed by atoms with van der Waals surface area (Å²) in [4.78, 5) is 14.8. The maximum absolute atomic E-state index is 12.5. The van der Waals surface area contributed by atoms with Gasteiger partial charge in [0.2, 0.25) is 0 Å². The molecule has 3 heterocycles. The first-order chi connectivity index (χ1) is 12.7. The molecular weight excluding hydrogens is 328 g/mol. The number of aryl methyl sites for hydroxylation is 2. The molecule has 2 aromatic heterocycles. The summed E-state index contributed by atoms with van der Waals surface area (Å²) in [5.41, 5.74) is 3.46. The number of hydrogen-bond donors (Lipinski definition) is 1. The second-order valence-electron chi connectivity index (χ2n) is 6.66. The molecule has 0 atom stereocenters. The molecule has 0 fully saturated rings. The van der Waals surface area contributed by atoms with Gasteiger partial charge < -0.3 is 9.73 Å². The molecule has 1 amide bonds. The third-order valence-corrected chi connectivity index (χ3v) is 4.69. The average molecular weight is 350 g/mol. The lowest BCUT2D eigenvalue weighted by atomic mass is 10.2. The summed E-state index contributed by atoms with van der Waals surface area (Å²) in [5.74, 6) is 0.824. The van der Waals surface area contributed by atoms with Crippen LogP contribution in [0.2, 0.25) is 0 Å². The number of hydrogen-bond acceptors (Lipinski definition) is 4. The summed E-state index contributed by atoms with van der Waals surface area (Å²) in [6, 6.07) is 13.3. The Bertz CT molecular complexity index is 898. The molecule has 0 saturated heterocycles. The normalized spacial score (nSPS) is 14.7. The molecule has 0 spiro atoms. The van der Waals surface area contributed by atoms with Gasteiger partial charge in [0.15, 0.2) is 5.69 Å². The molecule has 1 N–H and O–H groups in total. The van der Waals surface area contributed by atoms with Crippen molar-refractivity contribution in [2.45, 2.75) is 33.0 Å². The fourth-order valence-corrected chi connectivity index (χ4v) is 3.26. The Balaban J connectivity index is 1.48. The summed E-state index contributed by atoms with van der Waals surface area (Å²) in [6.45, 7) is 5.39. The predicted octanol–water partition coefficient (Wildman–Crippen LogP) is 3.44. The molecule has 6 nitrogen and oxygen atoms in total. The number of amides is 1. The molecule has 0 saturated carbocycles. The van der Waals surface area contributed by atoms with E-state index < -0.39 is 0 Å². The molecule has 3 aromatic rings. The van der Waals surface area contributed by atoms with Crippen LogP contribution in [0.3, 0.4) is 0 Å². The lowest BCUT2D eigenvalue weighted by molar-refractivity contribution is 0.102. The fourth-order valence-electron chi connectivity index (χ4n) is 3.26. The second-order valence-corrected chi connectivity index (χ2v) is 6.66. The van der Waals surface area contributed by atoms with E-state index in [1.54, 1.807) is 6.26 Å². The van der Waals surface area contributed by atoms with E-state index in [1.165, 1.54) is 5.56 Å². The number of furan rings is 1. The Hall–Kier alpha value is -2.86. The highest BCUT2D eigenvalue weighted by Crippen LogP contribution is 2.19. The lowest BCUT2D eigenvalue weighted by Crippen LogP contribution is -2.22. The van der Waals surface area contributed by atoms with Crippen molar-refractivity contribution in [3.05, 3.63) is 71.4 Å². The summed E-state index contributed by atoms with van der Waals surface area (Å²) in [7, 11) is 0. The van der Waals surface area contributed by atoms with Gasteiger partial charge in [-0.15, -0.1) is 0 Å². The van der Waals surface area contributed by atoms with E-state index in [9.17, 15) is 4.79 Å². The zero-order chi connectivity index (χ0) is 17.9. The van der Waals surface area contributed by atoms with E-state index in [-0.39, 0.29) is 5.91 Å². The standard InChI is InChI=1S/C20H22N4O2/c1-15-8-11-26-19(15)14-23-9-5-10-24-17(13-23)12-18(22-24)20(25)21-16-6-3-2-4-7-16/h2-4,6-8,11-12H,5,9-10,13-14H2,1H3,(H,21,25).